The third kappa shape index (κ3) is 66.0. The minimum atomic E-state index is -4.96. The largest absolute Gasteiger partial charge is 0.472 e. The minimum absolute atomic E-state index is 0.101. The van der Waals surface area contributed by atoms with Gasteiger partial charge in [0.25, 0.3) is 0 Å². The maximum Gasteiger partial charge on any atom is 0.472 e. The smallest absolute Gasteiger partial charge is 0.462 e. The first-order valence-electron chi connectivity index (χ1n) is 38.8. The number of aliphatic hydroxyl groups excluding tert-OH is 1. The maximum absolute atomic E-state index is 13.1. The quantitative estimate of drug-likeness (QED) is 0.0222. The van der Waals surface area contributed by atoms with Crippen molar-refractivity contribution < 1.29 is 80.2 Å². The van der Waals surface area contributed by atoms with E-state index in [2.05, 4.69) is 55.4 Å². The summed E-state index contributed by atoms with van der Waals surface area (Å²) in [5.74, 6) is 0.909. The van der Waals surface area contributed by atoms with Crippen molar-refractivity contribution in [3.05, 3.63) is 0 Å². The van der Waals surface area contributed by atoms with Gasteiger partial charge in [-0.15, -0.1) is 0 Å². The molecule has 0 aromatic carbocycles. The van der Waals surface area contributed by atoms with E-state index in [1.54, 1.807) is 0 Å². The molecule has 0 spiro atoms. The average Bonchev–Trinajstić information content (AvgIpc) is 2.07. The van der Waals surface area contributed by atoms with Crippen LogP contribution < -0.4 is 0 Å². The maximum atomic E-state index is 13.1. The standard InChI is InChI=1S/C75H146O17P2/c1-9-67(7)53-45-37-28-21-19-17-15-13-11-12-14-16-18-20-22-30-39-47-55-72(77)85-61-70(91-74(79)57-49-41-32-26-24-29-38-46-54-68(8)10-2)63-89-93(81,82)87-59-69(76)60-88-94(83,84)90-64-71(92-75(80)58-50-42-34-33-36-44-52-66(5)6)62-86-73(78)56-48-40-31-25-23-27-35-43-51-65(3)4/h65-71,76H,9-64H2,1-8H3,(H,81,82)(H,83,84)/t67?,68?,69?,70-,71-/m1/s1. The highest BCUT2D eigenvalue weighted by atomic mass is 31.2. The third-order valence-electron chi connectivity index (χ3n) is 18.0. The minimum Gasteiger partial charge on any atom is -0.462 e. The molecular formula is C75H146O17P2. The van der Waals surface area contributed by atoms with E-state index in [-0.39, 0.29) is 25.7 Å². The lowest BCUT2D eigenvalue weighted by Crippen LogP contribution is -2.30. The monoisotopic (exact) mass is 1380 g/mol. The van der Waals surface area contributed by atoms with Crippen LogP contribution in [0.15, 0.2) is 0 Å². The van der Waals surface area contributed by atoms with Gasteiger partial charge >= 0.3 is 39.5 Å². The lowest BCUT2D eigenvalue weighted by atomic mass is 9.99. The molecular weight excluding hydrogens is 1230 g/mol. The van der Waals surface area contributed by atoms with Crippen molar-refractivity contribution in [1.82, 2.24) is 0 Å². The van der Waals surface area contributed by atoms with Gasteiger partial charge in [0.05, 0.1) is 26.4 Å². The highest BCUT2D eigenvalue weighted by Crippen LogP contribution is 2.45. The zero-order valence-corrected chi connectivity index (χ0v) is 63.4. The van der Waals surface area contributed by atoms with E-state index in [0.717, 1.165) is 108 Å². The van der Waals surface area contributed by atoms with E-state index in [1.165, 1.54) is 180 Å². The molecule has 19 heteroatoms. The number of ether oxygens (including phenoxy) is 4. The second-order valence-corrected chi connectivity index (χ2v) is 31.4. The topological polar surface area (TPSA) is 237 Å². The zero-order valence-electron chi connectivity index (χ0n) is 61.6. The molecule has 3 N–H and O–H groups in total. The fraction of sp³-hybridized carbons (Fsp3) is 0.947. The van der Waals surface area contributed by atoms with Gasteiger partial charge in [-0.1, -0.05) is 325 Å². The van der Waals surface area contributed by atoms with Crippen LogP contribution in [0.25, 0.3) is 0 Å². The molecule has 94 heavy (non-hydrogen) atoms. The Kier molecular flexibility index (Phi) is 63.1. The van der Waals surface area contributed by atoms with Crippen LogP contribution in [0.3, 0.4) is 0 Å². The molecule has 0 fully saturated rings. The number of rotatable bonds is 72. The second kappa shape index (κ2) is 64.4. The first-order valence-corrected chi connectivity index (χ1v) is 41.8. The normalized spacial score (nSPS) is 14.7. The van der Waals surface area contributed by atoms with Crippen LogP contribution in [0.1, 0.15) is 376 Å². The van der Waals surface area contributed by atoms with Crippen molar-refractivity contribution in [2.45, 2.75) is 395 Å². The number of phosphoric acid groups is 2. The van der Waals surface area contributed by atoms with Gasteiger partial charge in [0.2, 0.25) is 0 Å². The fourth-order valence-electron chi connectivity index (χ4n) is 11.3. The van der Waals surface area contributed by atoms with E-state index in [1.807, 2.05) is 0 Å². The summed E-state index contributed by atoms with van der Waals surface area (Å²) in [4.78, 5) is 72.6. The molecule has 7 atom stereocenters. The molecule has 0 saturated carbocycles. The number of esters is 4. The molecule has 0 bridgehead atoms. The van der Waals surface area contributed by atoms with Crippen LogP contribution in [-0.4, -0.2) is 96.7 Å². The molecule has 0 radical (unpaired) electrons. The summed E-state index contributed by atoms with van der Waals surface area (Å²) >= 11 is 0. The van der Waals surface area contributed by atoms with Gasteiger partial charge in [-0.25, -0.2) is 9.13 Å². The summed E-state index contributed by atoms with van der Waals surface area (Å²) in [6.07, 6.45) is 48.9. The molecule has 0 aliphatic rings. The van der Waals surface area contributed by atoms with Gasteiger partial charge in [0, 0.05) is 25.7 Å². The number of aliphatic hydroxyl groups is 1. The van der Waals surface area contributed by atoms with Crippen LogP contribution in [0, 0.1) is 23.7 Å². The number of phosphoric ester groups is 2. The summed E-state index contributed by atoms with van der Waals surface area (Å²) in [5, 5.41) is 10.6. The summed E-state index contributed by atoms with van der Waals surface area (Å²) < 4.78 is 68.4. The van der Waals surface area contributed by atoms with Crippen molar-refractivity contribution >= 4 is 39.5 Å². The summed E-state index contributed by atoms with van der Waals surface area (Å²) in [7, 11) is -9.91. The van der Waals surface area contributed by atoms with Gasteiger partial charge in [0.15, 0.2) is 12.2 Å². The number of hydrogen-bond donors (Lipinski definition) is 3. The van der Waals surface area contributed by atoms with Crippen molar-refractivity contribution in [1.29, 1.82) is 0 Å². The van der Waals surface area contributed by atoms with E-state index < -0.39 is 97.5 Å². The molecule has 5 unspecified atom stereocenters. The lowest BCUT2D eigenvalue weighted by molar-refractivity contribution is -0.161. The van der Waals surface area contributed by atoms with E-state index in [0.29, 0.717) is 31.6 Å². The van der Waals surface area contributed by atoms with Crippen LogP contribution in [-0.2, 0) is 65.4 Å². The SMILES string of the molecule is CCC(C)CCCCCCCCCCCCCCCCCCCCC(=O)OC[C@H](COP(=O)(O)OCC(O)COP(=O)(O)OC[C@@H](COC(=O)CCCCCCCCCCC(C)C)OC(=O)CCCCCCCCC(C)C)OC(=O)CCCCCCCCCCC(C)CC. The molecule has 0 rings (SSSR count). The van der Waals surface area contributed by atoms with Crippen LogP contribution in [0.5, 0.6) is 0 Å². The molecule has 17 nitrogen and oxygen atoms in total. The Morgan fingerprint density at radius 3 is 0.755 bits per heavy atom. The van der Waals surface area contributed by atoms with Crippen LogP contribution in [0.2, 0.25) is 0 Å². The van der Waals surface area contributed by atoms with Crippen molar-refractivity contribution in [2.24, 2.45) is 23.7 Å². The Balaban J connectivity index is 5.14. The van der Waals surface area contributed by atoms with Gasteiger partial charge < -0.3 is 33.8 Å². The predicted octanol–water partition coefficient (Wildman–Crippen LogP) is 21.7. The summed E-state index contributed by atoms with van der Waals surface area (Å²) in [5.41, 5.74) is 0. The Bertz CT molecular complexity index is 1850. The van der Waals surface area contributed by atoms with Crippen LogP contribution in [0.4, 0.5) is 0 Å². The first kappa shape index (κ1) is 92.1. The average molecular weight is 1380 g/mol. The summed E-state index contributed by atoms with van der Waals surface area (Å²) in [6.45, 7) is 14.1. The molecule has 0 amide bonds. The van der Waals surface area contributed by atoms with E-state index in [9.17, 15) is 43.2 Å². The third-order valence-corrected chi connectivity index (χ3v) is 19.9. The number of carbonyl (C=O) groups excluding carboxylic acids is 4. The Hall–Kier alpha value is -1.94. The van der Waals surface area contributed by atoms with Crippen molar-refractivity contribution in [3.8, 4) is 0 Å². The predicted molar refractivity (Wildman–Crippen MR) is 381 cm³/mol. The Morgan fingerprint density at radius 1 is 0.298 bits per heavy atom. The Morgan fingerprint density at radius 2 is 0.511 bits per heavy atom. The van der Waals surface area contributed by atoms with Gasteiger partial charge in [-0.05, 0) is 49.4 Å². The first-order chi connectivity index (χ1) is 45.2. The molecule has 0 aromatic heterocycles. The lowest BCUT2D eigenvalue weighted by Gasteiger charge is -2.21. The molecule has 558 valence electrons. The number of carbonyl (C=O) groups is 4. The highest BCUT2D eigenvalue weighted by molar-refractivity contribution is 7.47. The highest BCUT2D eigenvalue weighted by Gasteiger charge is 2.30. The van der Waals surface area contributed by atoms with Crippen LogP contribution >= 0.6 is 15.6 Å². The molecule has 0 heterocycles. The molecule has 0 aliphatic carbocycles. The van der Waals surface area contributed by atoms with Crippen molar-refractivity contribution in [3.63, 3.8) is 0 Å². The van der Waals surface area contributed by atoms with Gasteiger partial charge in [0.1, 0.15) is 19.3 Å². The van der Waals surface area contributed by atoms with Gasteiger partial charge in [-0.2, -0.15) is 0 Å². The molecule has 0 saturated heterocycles. The fourth-order valence-corrected chi connectivity index (χ4v) is 12.9. The molecule has 0 aromatic rings. The van der Waals surface area contributed by atoms with E-state index in [4.69, 9.17) is 37.0 Å². The number of hydrogen-bond acceptors (Lipinski definition) is 15. The summed E-state index contributed by atoms with van der Waals surface area (Å²) in [6, 6.07) is 0. The zero-order chi connectivity index (χ0) is 69.6. The Labute approximate surface area is 575 Å². The van der Waals surface area contributed by atoms with E-state index >= 15 is 0 Å². The molecule has 0 aliphatic heterocycles. The van der Waals surface area contributed by atoms with Crippen molar-refractivity contribution in [2.75, 3.05) is 39.6 Å². The second-order valence-electron chi connectivity index (χ2n) is 28.5. The number of unbranched alkanes of at least 4 members (excludes halogenated alkanes) is 36. The van der Waals surface area contributed by atoms with Gasteiger partial charge in [-0.3, -0.25) is 37.3 Å².